The highest BCUT2D eigenvalue weighted by Crippen LogP contribution is 2.13. The van der Waals surface area contributed by atoms with Crippen molar-refractivity contribution in [1.29, 1.82) is 0 Å². The molecule has 1 amide bonds. The third-order valence-electron chi connectivity index (χ3n) is 9.72. The summed E-state index contributed by atoms with van der Waals surface area (Å²) in [5.41, 5.74) is 0. The molecule has 0 bridgehead atoms. The molecule has 0 aromatic heterocycles. The second-order valence-corrected chi connectivity index (χ2v) is 14.7. The van der Waals surface area contributed by atoms with Gasteiger partial charge >= 0.3 is 0 Å². The van der Waals surface area contributed by atoms with Crippen LogP contribution in [0.15, 0.2) is 48.6 Å². The van der Waals surface area contributed by atoms with Gasteiger partial charge in [0.05, 0.1) is 18.8 Å². The van der Waals surface area contributed by atoms with Gasteiger partial charge < -0.3 is 25.7 Å². The van der Waals surface area contributed by atoms with Crippen molar-refractivity contribution >= 4 is 5.91 Å². The third kappa shape index (κ3) is 33.8. The second kappa shape index (κ2) is 39.5. The van der Waals surface area contributed by atoms with E-state index >= 15 is 0 Å². The Kier molecular flexibility index (Phi) is 38.1. The predicted octanol–water partition coefficient (Wildman–Crippen LogP) is 11.1. The van der Waals surface area contributed by atoms with E-state index in [1.54, 1.807) is 0 Å². The van der Waals surface area contributed by atoms with Crippen LogP contribution in [0, 0.1) is 0 Å². The normalized spacial score (nSPS) is 14.7. The molecule has 4 atom stereocenters. The number of amides is 1. The van der Waals surface area contributed by atoms with E-state index in [1.165, 1.54) is 109 Å². The van der Waals surface area contributed by atoms with Crippen molar-refractivity contribution in [3.05, 3.63) is 48.6 Å². The van der Waals surface area contributed by atoms with Gasteiger partial charge in [-0.3, -0.25) is 4.79 Å². The molecule has 0 aromatic carbocycles. The minimum Gasteiger partial charge on any atom is -0.394 e. The van der Waals surface area contributed by atoms with Crippen LogP contribution in [0.4, 0.5) is 0 Å². The SMILES string of the molecule is CCCCCCCC/C=C\CCCCC(O)C(=O)NC(CO)C(O)C(O)CCC/C=C/CC/C=C/CC/C=C/CCCCCCCCCCCC. The molecule has 0 heterocycles. The molecule has 0 aromatic rings. The average molecular weight is 718 g/mol. The Morgan fingerprint density at radius 3 is 1.24 bits per heavy atom. The fourth-order valence-electron chi connectivity index (χ4n) is 6.25. The van der Waals surface area contributed by atoms with Crippen LogP contribution in [0.1, 0.15) is 200 Å². The fraction of sp³-hybridized carbons (Fsp3) is 0.800. The summed E-state index contributed by atoms with van der Waals surface area (Å²) >= 11 is 0. The summed E-state index contributed by atoms with van der Waals surface area (Å²) < 4.78 is 0. The summed E-state index contributed by atoms with van der Waals surface area (Å²) in [5.74, 6) is -0.619. The Hall–Kier alpha value is -1.73. The molecule has 6 heteroatoms. The number of aliphatic hydroxyl groups excluding tert-OH is 4. The van der Waals surface area contributed by atoms with Gasteiger partial charge in [0.25, 0.3) is 0 Å². The number of rotatable bonds is 38. The molecule has 0 saturated heterocycles. The summed E-state index contributed by atoms with van der Waals surface area (Å²) in [5, 5.41) is 43.5. The highest BCUT2D eigenvalue weighted by Gasteiger charge is 2.28. The first-order valence-corrected chi connectivity index (χ1v) is 21.5. The Labute approximate surface area is 315 Å². The van der Waals surface area contributed by atoms with Crippen molar-refractivity contribution in [2.75, 3.05) is 6.61 Å². The Balaban J connectivity index is 3.85. The molecule has 0 rings (SSSR count). The second-order valence-electron chi connectivity index (χ2n) is 14.7. The predicted molar refractivity (Wildman–Crippen MR) is 219 cm³/mol. The molecule has 0 aliphatic heterocycles. The summed E-state index contributed by atoms with van der Waals surface area (Å²) in [6, 6.07) is -1.02. The molecule has 51 heavy (non-hydrogen) atoms. The Morgan fingerprint density at radius 2 is 0.824 bits per heavy atom. The first-order chi connectivity index (χ1) is 25.0. The summed E-state index contributed by atoms with van der Waals surface area (Å²) in [6.07, 6.45) is 47.2. The minimum atomic E-state index is -1.30. The highest BCUT2D eigenvalue weighted by molar-refractivity contribution is 5.80. The molecule has 0 radical (unpaired) electrons. The topological polar surface area (TPSA) is 110 Å². The average Bonchev–Trinajstić information content (AvgIpc) is 3.13. The smallest absolute Gasteiger partial charge is 0.249 e. The number of nitrogens with one attached hydrogen (secondary N) is 1. The molecule has 6 nitrogen and oxygen atoms in total. The van der Waals surface area contributed by atoms with Crippen molar-refractivity contribution in [3.63, 3.8) is 0 Å². The van der Waals surface area contributed by atoms with E-state index in [4.69, 9.17) is 0 Å². The fourth-order valence-corrected chi connectivity index (χ4v) is 6.25. The molecule has 298 valence electrons. The van der Waals surface area contributed by atoms with Gasteiger partial charge in [-0.2, -0.15) is 0 Å². The van der Waals surface area contributed by atoms with E-state index in [9.17, 15) is 25.2 Å². The van der Waals surface area contributed by atoms with Crippen LogP contribution in [-0.2, 0) is 4.79 Å². The maximum absolute atomic E-state index is 12.4. The molecule has 0 spiro atoms. The van der Waals surface area contributed by atoms with Gasteiger partial charge in [-0.15, -0.1) is 0 Å². The lowest BCUT2D eigenvalue weighted by molar-refractivity contribution is -0.132. The zero-order chi connectivity index (χ0) is 37.5. The molecule has 0 fully saturated rings. The van der Waals surface area contributed by atoms with Crippen molar-refractivity contribution < 1.29 is 25.2 Å². The van der Waals surface area contributed by atoms with Crippen LogP contribution in [-0.4, -0.2) is 57.3 Å². The van der Waals surface area contributed by atoms with Gasteiger partial charge in [0.1, 0.15) is 12.2 Å². The van der Waals surface area contributed by atoms with Crippen LogP contribution in [0.5, 0.6) is 0 Å². The highest BCUT2D eigenvalue weighted by atomic mass is 16.3. The number of aliphatic hydroxyl groups is 4. The monoisotopic (exact) mass is 718 g/mol. The van der Waals surface area contributed by atoms with Crippen LogP contribution in [0.2, 0.25) is 0 Å². The van der Waals surface area contributed by atoms with E-state index in [2.05, 4.69) is 67.8 Å². The molecule has 5 N–H and O–H groups in total. The van der Waals surface area contributed by atoms with E-state index in [-0.39, 0.29) is 0 Å². The van der Waals surface area contributed by atoms with E-state index < -0.39 is 36.9 Å². The quantitative estimate of drug-likeness (QED) is 0.0323. The Bertz CT molecular complexity index is 854. The zero-order valence-electron chi connectivity index (χ0n) is 33.3. The lowest BCUT2D eigenvalue weighted by Crippen LogP contribution is -2.53. The summed E-state index contributed by atoms with van der Waals surface area (Å²) in [7, 11) is 0. The molecule has 4 unspecified atom stereocenters. The molecule has 0 aliphatic rings. The lowest BCUT2D eigenvalue weighted by Gasteiger charge is -2.27. The van der Waals surface area contributed by atoms with Crippen LogP contribution in [0.3, 0.4) is 0 Å². The summed E-state index contributed by atoms with van der Waals surface area (Å²) in [4.78, 5) is 12.4. The number of unbranched alkanes of at least 4 members (excludes halogenated alkanes) is 21. The number of carbonyl (C=O) groups is 1. The van der Waals surface area contributed by atoms with Crippen molar-refractivity contribution in [1.82, 2.24) is 5.32 Å². The van der Waals surface area contributed by atoms with E-state index in [0.717, 1.165) is 51.4 Å². The van der Waals surface area contributed by atoms with Gasteiger partial charge in [-0.1, -0.05) is 159 Å². The number of hydrogen-bond acceptors (Lipinski definition) is 5. The number of hydrogen-bond donors (Lipinski definition) is 5. The maximum atomic E-state index is 12.4. The van der Waals surface area contributed by atoms with Crippen LogP contribution < -0.4 is 5.32 Å². The Morgan fingerprint density at radius 1 is 0.471 bits per heavy atom. The zero-order valence-corrected chi connectivity index (χ0v) is 33.3. The van der Waals surface area contributed by atoms with Gasteiger partial charge in [-0.05, 0) is 89.9 Å². The van der Waals surface area contributed by atoms with Crippen LogP contribution >= 0.6 is 0 Å². The van der Waals surface area contributed by atoms with Crippen molar-refractivity contribution in [2.24, 2.45) is 0 Å². The van der Waals surface area contributed by atoms with Gasteiger partial charge in [0.2, 0.25) is 5.91 Å². The molecule has 0 saturated carbocycles. The van der Waals surface area contributed by atoms with Crippen molar-refractivity contribution in [2.45, 2.75) is 224 Å². The minimum absolute atomic E-state index is 0.326. The first-order valence-electron chi connectivity index (χ1n) is 21.5. The van der Waals surface area contributed by atoms with E-state index in [1.807, 2.05) is 0 Å². The van der Waals surface area contributed by atoms with Gasteiger partial charge in [-0.25, -0.2) is 0 Å². The van der Waals surface area contributed by atoms with Gasteiger partial charge in [0.15, 0.2) is 0 Å². The number of carbonyl (C=O) groups excluding carboxylic acids is 1. The van der Waals surface area contributed by atoms with Gasteiger partial charge in [0, 0.05) is 0 Å². The summed E-state index contributed by atoms with van der Waals surface area (Å²) in [6.45, 7) is 4.00. The number of allylic oxidation sites excluding steroid dienone is 8. The first kappa shape index (κ1) is 49.3. The molecule has 0 aliphatic carbocycles. The molecular formula is C45H83NO5. The van der Waals surface area contributed by atoms with E-state index in [0.29, 0.717) is 25.7 Å². The van der Waals surface area contributed by atoms with Crippen molar-refractivity contribution in [3.8, 4) is 0 Å². The largest absolute Gasteiger partial charge is 0.394 e. The third-order valence-corrected chi connectivity index (χ3v) is 9.72. The maximum Gasteiger partial charge on any atom is 0.249 e. The standard InChI is InChI=1S/C45H83NO5/c1-3-5-7-9-11-13-15-17-18-19-20-21-22-23-24-25-26-27-29-30-32-34-36-38-42(48)44(50)41(40-47)46-45(51)43(49)39-37-35-33-31-28-16-14-12-10-8-6-4-2/h21-22,25-26,28,30-32,41-44,47-50H,3-20,23-24,27,29,33-40H2,1-2H3,(H,46,51)/b22-21+,26-25+,31-28-,32-30+. The lowest BCUT2D eigenvalue weighted by atomic mass is 10.00. The molecular weight excluding hydrogens is 634 g/mol. The van der Waals surface area contributed by atoms with Crippen LogP contribution in [0.25, 0.3) is 0 Å².